The molecule has 0 aliphatic heterocycles. The summed E-state index contributed by atoms with van der Waals surface area (Å²) >= 11 is 0. The molecule has 0 amide bonds. The topological polar surface area (TPSA) is 30.9 Å². The average molecular weight is 272 g/mol. The molecule has 0 radical (unpaired) electrons. The second kappa shape index (κ2) is 4.67. The number of nitrogens with zero attached hydrogens (tertiary/aromatic N) is 1. The van der Waals surface area contributed by atoms with Gasteiger partial charge < -0.3 is 10.3 Å². The van der Waals surface area contributed by atoms with Gasteiger partial charge in [-0.15, -0.1) is 0 Å². The number of aromatic nitrogens is 1. The number of rotatable bonds is 2. The molecule has 0 bridgehead atoms. The van der Waals surface area contributed by atoms with Gasteiger partial charge in [-0.25, -0.2) is 0 Å². The van der Waals surface area contributed by atoms with Crippen LogP contribution in [0.3, 0.4) is 0 Å². The fourth-order valence-electron chi connectivity index (χ4n) is 2.95. The SMILES string of the molecule is Nc1ccc2ccn(Cc3cccc4ccccc34)c2c1. The maximum atomic E-state index is 5.92. The van der Waals surface area contributed by atoms with Crippen molar-refractivity contribution < 1.29 is 0 Å². The van der Waals surface area contributed by atoms with Crippen LogP contribution in [-0.4, -0.2) is 4.57 Å². The highest BCUT2D eigenvalue weighted by Gasteiger charge is 2.05. The molecule has 0 saturated carbocycles. The summed E-state index contributed by atoms with van der Waals surface area (Å²) in [6, 6.07) is 23.2. The molecule has 0 spiro atoms. The van der Waals surface area contributed by atoms with E-state index in [1.54, 1.807) is 0 Å². The van der Waals surface area contributed by atoms with Crippen LogP contribution in [0.5, 0.6) is 0 Å². The van der Waals surface area contributed by atoms with E-state index in [2.05, 4.69) is 65.4 Å². The van der Waals surface area contributed by atoms with Crippen molar-refractivity contribution >= 4 is 27.4 Å². The van der Waals surface area contributed by atoms with Gasteiger partial charge in [0.1, 0.15) is 0 Å². The molecule has 4 aromatic rings. The molecule has 21 heavy (non-hydrogen) atoms. The van der Waals surface area contributed by atoms with Crippen LogP contribution in [0.15, 0.2) is 72.9 Å². The molecule has 1 heterocycles. The Morgan fingerprint density at radius 1 is 0.810 bits per heavy atom. The van der Waals surface area contributed by atoms with Crippen LogP contribution in [0, 0.1) is 0 Å². The number of fused-ring (bicyclic) bond motifs is 2. The fraction of sp³-hybridized carbons (Fsp3) is 0.0526. The van der Waals surface area contributed by atoms with Gasteiger partial charge in [0, 0.05) is 18.4 Å². The van der Waals surface area contributed by atoms with Crippen LogP contribution >= 0.6 is 0 Å². The summed E-state index contributed by atoms with van der Waals surface area (Å²) in [5.74, 6) is 0. The third-order valence-electron chi connectivity index (χ3n) is 4.02. The summed E-state index contributed by atoms with van der Waals surface area (Å²) < 4.78 is 2.26. The zero-order valence-electron chi connectivity index (χ0n) is 11.7. The number of benzene rings is 3. The largest absolute Gasteiger partial charge is 0.399 e. The van der Waals surface area contributed by atoms with Gasteiger partial charge in [0.05, 0.1) is 5.52 Å². The third kappa shape index (κ3) is 2.05. The quantitative estimate of drug-likeness (QED) is 0.538. The van der Waals surface area contributed by atoms with Crippen LogP contribution in [0.1, 0.15) is 5.56 Å². The summed E-state index contributed by atoms with van der Waals surface area (Å²) in [5.41, 5.74) is 9.24. The smallest absolute Gasteiger partial charge is 0.0504 e. The monoisotopic (exact) mass is 272 g/mol. The first kappa shape index (κ1) is 12.0. The normalized spacial score (nSPS) is 11.2. The minimum absolute atomic E-state index is 0.806. The van der Waals surface area contributed by atoms with Crippen LogP contribution in [0.2, 0.25) is 0 Å². The summed E-state index contributed by atoms with van der Waals surface area (Å²) in [6.07, 6.45) is 2.13. The van der Waals surface area contributed by atoms with Crippen molar-refractivity contribution in [1.29, 1.82) is 0 Å². The molecular weight excluding hydrogens is 256 g/mol. The van der Waals surface area contributed by atoms with E-state index in [0.29, 0.717) is 0 Å². The van der Waals surface area contributed by atoms with E-state index < -0.39 is 0 Å². The van der Waals surface area contributed by atoms with Gasteiger partial charge in [0.2, 0.25) is 0 Å². The molecule has 0 aliphatic rings. The molecule has 2 nitrogen and oxygen atoms in total. The van der Waals surface area contributed by atoms with Crippen LogP contribution < -0.4 is 5.73 Å². The van der Waals surface area contributed by atoms with Crippen molar-refractivity contribution in [3.8, 4) is 0 Å². The second-order valence-electron chi connectivity index (χ2n) is 5.40. The van der Waals surface area contributed by atoms with Gasteiger partial charge in [0.15, 0.2) is 0 Å². The zero-order valence-corrected chi connectivity index (χ0v) is 11.7. The Bertz CT molecular complexity index is 929. The van der Waals surface area contributed by atoms with Crippen LogP contribution in [0.4, 0.5) is 5.69 Å². The molecule has 0 atom stereocenters. The highest BCUT2D eigenvalue weighted by molar-refractivity contribution is 5.86. The first-order valence-corrected chi connectivity index (χ1v) is 7.12. The van der Waals surface area contributed by atoms with E-state index in [1.807, 2.05) is 12.1 Å². The van der Waals surface area contributed by atoms with Gasteiger partial charge in [-0.05, 0) is 39.9 Å². The van der Waals surface area contributed by atoms with Crippen LogP contribution in [0.25, 0.3) is 21.7 Å². The lowest BCUT2D eigenvalue weighted by Gasteiger charge is -2.09. The maximum Gasteiger partial charge on any atom is 0.0504 e. The molecule has 3 aromatic carbocycles. The lowest BCUT2D eigenvalue weighted by atomic mass is 10.0. The van der Waals surface area contributed by atoms with E-state index >= 15 is 0 Å². The summed E-state index contributed by atoms with van der Waals surface area (Å²) in [6.45, 7) is 0.855. The van der Waals surface area contributed by atoms with E-state index in [1.165, 1.54) is 27.2 Å². The van der Waals surface area contributed by atoms with E-state index in [4.69, 9.17) is 5.73 Å². The number of nitrogens with two attached hydrogens (primary N) is 1. The van der Waals surface area contributed by atoms with E-state index in [0.717, 1.165) is 12.2 Å². The van der Waals surface area contributed by atoms with Crippen LogP contribution in [-0.2, 0) is 6.54 Å². The fourth-order valence-corrected chi connectivity index (χ4v) is 2.95. The lowest BCUT2D eigenvalue weighted by Crippen LogP contribution is -1.99. The first-order chi connectivity index (χ1) is 10.3. The van der Waals surface area contributed by atoms with Gasteiger partial charge in [-0.2, -0.15) is 0 Å². The molecule has 2 heteroatoms. The maximum absolute atomic E-state index is 5.92. The Labute approximate surface area is 123 Å². The highest BCUT2D eigenvalue weighted by atomic mass is 15.0. The van der Waals surface area contributed by atoms with Crippen molar-refractivity contribution in [2.75, 3.05) is 5.73 Å². The Morgan fingerprint density at radius 3 is 2.62 bits per heavy atom. The van der Waals surface area contributed by atoms with Gasteiger partial charge >= 0.3 is 0 Å². The number of hydrogen-bond acceptors (Lipinski definition) is 1. The number of anilines is 1. The molecule has 0 aliphatic carbocycles. The van der Waals surface area contributed by atoms with Crippen molar-refractivity contribution in [3.05, 3.63) is 78.5 Å². The van der Waals surface area contributed by atoms with E-state index in [9.17, 15) is 0 Å². The predicted octanol–water partition coefficient (Wildman–Crippen LogP) is 4.43. The molecule has 0 saturated heterocycles. The number of hydrogen-bond donors (Lipinski definition) is 1. The molecular formula is C19H16N2. The Kier molecular flexibility index (Phi) is 2.68. The standard InChI is InChI=1S/C19H16N2/c20-17-9-8-15-10-11-21(19(15)12-17)13-16-6-3-5-14-4-1-2-7-18(14)16/h1-12H,13,20H2. The lowest BCUT2D eigenvalue weighted by molar-refractivity contribution is 0.843. The molecule has 2 N–H and O–H groups in total. The third-order valence-corrected chi connectivity index (χ3v) is 4.02. The van der Waals surface area contributed by atoms with Crippen molar-refractivity contribution in [2.24, 2.45) is 0 Å². The summed E-state index contributed by atoms with van der Waals surface area (Å²) in [5, 5.41) is 3.82. The van der Waals surface area contributed by atoms with Crippen molar-refractivity contribution in [3.63, 3.8) is 0 Å². The predicted molar refractivity (Wildman–Crippen MR) is 89.4 cm³/mol. The average Bonchev–Trinajstić information content (AvgIpc) is 2.90. The Morgan fingerprint density at radius 2 is 1.67 bits per heavy atom. The van der Waals surface area contributed by atoms with Crippen molar-refractivity contribution in [2.45, 2.75) is 6.54 Å². The minimum Gasteiger partial charge on any atom is -0.399 e. The molecule has 1 aromatic heterocycles. The Hall–Kier alpha value is -2.74. The number of nitrogen functional groups attached to an aromatic ring is 1. The van der Waals surface area contributed by atoms with Gasteiger partial charge in [-0.1, -0.05) is 48.5 Å². The zero-order chi connectivity index (χ0) is 14.2. The summed E-state index contributed by atoms with van der Waals surface area (Å²) in [4.78, 5) is 0. The summed E-state index contributed by atoms with van der Waals surface area (Å²) in [7, 11) is 0. The Balaban J connectivity index is 1.85. The highest BCUT2D eigenvalue weighted by Crippen LogP contribution is 2.23. The minimum atomic E-state index is 0.806. The second-order valence-corrected chi connectivity index (χ2v) is 5.40. The van der Waals surface area contributed by atoms with Gasteiger partial charge in [-0.3, -0.25) is 0 Å². The van der Waals surface area contributed by atoms with Gasteiger partial charge in [0.25, 0.3) is 0 Å². The molecule has 0 unspecified atom stereocenters. The molecule has 0 fully saturated rings. The molecule has 4 rings (SSSR count). The van der Waals surface area contributed by atoms with Crippen molar-refractivity contribution in [1.82, 2.24) is 4.57 Å². The molecule has 102 valence electrons. The first-order valence-electron chi connectivity index (χ1n) is 7.12. The van der Waals surface area contributed by atoms with E-state index in [-0.39, 0.29) is 0 Å².